The van der Waals surface area contributed by atoms with Gasteiger partial charge < -0.3 is 9.72 Å². The minimum Gasteiger partial charge on any atom is -0.350 e. The van der Waals surface area contributed by atoms with E-state index in [4.69, 9.17) is 0 Å². The highest BCUT2D eigenvalue weighted by atomic mass is 16.1. The van der Waals surface area contributed by atoms with E-state index in [1.165, 1.54) is 5.56 Å². The van der Waals surface area contributed by atoms with Crippen LogP contribution in [0.25, 0.3) is 5.65 Å². The molecule has 0 unspecified atom stereocenters. The molecule has 4 rings (SSSR count). The van der Waals surface area contributed by atoms with Crippen LogP contribution >= 0.6 is 0 Å². The molecule has 1 amide bonds. The standard InChI is InChI=1S/C17H16N4O/c22-17(15-16-19-7-9-21(16)8-6-18-15)20-11-13-10-14(13)12-4-2-1-3-5-12/h1-9,13-14H,10-11H2,(H,20,22)/t13-,14-/m1/s1. The van der Waals surface area contributed by atoms with Crippen LogP contribution in [0.15, 0.2) is 55.1 Å². The van der Waals surface area contributed by atoms with Gasteiger partial charge in [0, 0.05) is 31.3 Å². The summed E-state index contributed by atoms with van der Waals surface area (Å²) in [5.41, 5.74) is 2.33. The second-order valence-corrected chi connectivity index (χ2v) is 5.66. The van der Waals surface area contributed by atoms with Crippen LogP contribution in [-0.2, 0) is 0 Å². The van der Waals surface area contributed by atoms with Crippen LogP contribution in [-0.4, -0.2) is 26.8 Å². The number of nitrogens with zero attached hydrogens (tertiary/aromatic N) is 3. The Morgan fingerprint density at radius 3 is 2.77 bits per heavy atom. The van der Waals surface area contributed by atoms with Crippen molar-refractivity contribution in [2.24, 2.45) is 5.92 Å². The molecule has 1 aliphatic rings. The first-order valence-electron chi connectivity index (χ1n) is 7.44. The highest BCUT2D eigenvalue weighted by molar-refractivity contribution is 5.97. The summed E-state index contributed by atoms with van der Waals surface area (Å²) in [7, 11) is 0. The van der Waals surface area contributed by atoms with Gasteiger partial charge in [0.15, 0.2) is 11.3 Å². The SMILES string of the molecule is O=C(NC[C@H]1C[C@@H]1c1ccccc1)c1nccn2ccnc12. The maximum Gasteiger partial charge on any atom is 0.273 e. The Morgan fingerprint density at radius 1 is 1.18 bits per heavy atom. The molecule has 0 spiro atoms. The summed E-state index contributed by atoms with van der Waals surface area (Å²) in [5, 5.41) is 2.99. The predicted molar refractivity (Wildman–Crippen MR) is 82.6 cm³/mol. The average molecular weight is 292 g/mol. The highest BCUT2D eigenvalue weighted by Crippen LogP contribution is 2.46. The van der Waals surface area contributed by atoms with Crippen molar-refractivity contribution >= 4 is 11.6 Å². The number of benzene rings is 1. The smallest absolute Gasteiger partial charge is 0.273 e. The lowest BCUT2D eigenvalue weighted by Gasteiger charge is -2.05. The molecule has 5 nitrogen and oxygen atoms in total. The lowest BCUT2D eigenvalue weighted by atomic mass is 10.1. The number of amides is 1. The van der Waals surface area contributed by atoms with E-state index in [-0.39, 0.29) is 5.91 Å². The maximum atomic E-state index is 12.3. The van der Waals surface area contributed by atoms with E-state index < -0.39 is 0 Å². The molecule has 1 aromatic carbocycles. The zero-order valence-electron chi connectivity index (χ0n) is 12.0. The number of nitrogens with one attached hydrogen (secondary N) is 1. The van der Waals surface area contributed by atoms with Crippen LogP contribution in [0.5, 0.6) is 0 Å². The van der Waals surface area contributed by atoms with Crippen molar-refractivity contribution in [3.63, 3.8) is 0 Å². The summed E-state index contributed by atoms with van der Waals surface area (Å²) in [4.78, 5) is 20.6. The van der Waals surface area contributed by atoms with Crippen LogP contribution < -0.4 is 5.32 Å². The molecule has 0 bridgehead atoms. The molecule has 0 saturated heterocycles. The van der Waals surface area contributed by atoms with Crippen molar-refractivity contribution in [2.45, 2.75) is 12.3 Å². The predicted octanol–water partition coefficient (Wildman–Crippen LogP) is 2.26. The summed E-state index contributed by atoms with van der Waals surface area (Å²) >= 11 is 0. The Bertz CT molecular complexity index is 812. The number of rotatable bonds is 4. The molecule has 2 aromatic heterocycles. The first-order valence-corrected chi connectivity index (χ1v) is 7.44. The molecule has 0 radical (unpaired) electrons. The van der Waals surface area contributed by atoms with E-state index in [2.05, 4.69) is 39.6 Å². The van der Waals surface area contributed by atoms with E-state index in [0.29, 0.717) is 29.7 Å². The minimum absolute atomic E-state index is 0.157. The maximum absolute atomic E-state index is 12.3. The molecule has 1 saturated carbocycles. The first kappa shape index (κ1) is 13.0. The third kappa shape index (κ3) is 2.35. The summed E-state index contributed by atoms with van der Waals surface area (Å²) < 4.78 is 1.80. The number of aromatic nitrogens is 3. The molecule has 22 heavy (non-hydrogen) atoms. The largest absolute Gasteiger partial charge is 0.350 e. The third-order valence-corrected chi connectivity index (χ3v) is 4.20. The van der Waals surface area contributed by atoms with Gasteiger partial charge in [0.1, 0.15) is 0 Å². The number of carbonyl (C=O) groups is 1. The molecule has 2 heterocycles. The monoisotopic (exact) mass is 292 g/mol. The lowest BCUT2D eigenvalue weighted by Crippen LogP contribution is -2.27. The van der Waals surface area contributed by atoms with Gasteiger partial charge in [-0.2, -0.15) is 0 Å². The Hall–Kier alpha value is -2.69. The van der Waals surface area contributed by atoms with Crippen molar-refractivity contribution in [1.29, 1.82) is 0 Å². The second-order valence-electron chi connectivity index (χ2n) is 5.66. The van der Waals surface area contributed by atoms with Gasteiger partial charge in [-0.3, -0.25) is 4.79 Å². The molecule has 5 heteroatoms. The Balaban J connectivity index is 1.41. The van der Waals surface area contributed by atoms with E-state index in [1.807, 2.05) is 6.07 Å². The lowest BCUT2D eigenvalue weighted by molar-refractivity contribution is 0.0948. The summed E-state index contributed by atoms with van der Waals surface area (Å²) in [6.45, 7) is 0.682. The van der Waals surface area contributed by atoms with Gasteiger partial charge in [-0.1, -0.05) is 30.3 Å². The van der Waals surface area contributed by atoms with Gasteiger partial charge in [0.05, 0.1) is 0 Å². The summed E-state index contributed by atoms with van der Waals surface area (Å²) in [6, 6.07) is 10.5. The number of hydrogen-bond acceptors (Lipinski definition) is 3. The van der Waals surface area contributed by atoms with Crippen LogP contribution in [0, 0.1) is 5.92 Å². The number of hydrogen-bond donors (Lipinski definition) is 1. The quantitative estimate of drug-likeness (QED) is 0.802. The van der Waals surface area contributed by atoms with Gasteiger partial charge >= 0.3 is 0 Å². The Labute approximate surface area is 128 Å². The van der Waals surface area contributed by atoms with Crippen LogP contribution in [0.2, 0.25) is 0 Å². The van der Waals surface area contributed by atoms with Crippen molar-refractivity contribution in [1.82, 2.24) is 19.7 Å². The minimum atomic E-state index is -0.157. The number of imidazole rings is 1. The van der Waals surface area contributed by atoms with Crippen LogP contribution in [0.1, 0.15) is 28.4 Å². The fraction of sp³-hybridized carbons (Fsp3) is 0.235. The molecular weight excluding hydrogens is 276 g/mol. The van der Waals surface area contributed by atoms with Gasteiger partial charge in [-0.25, -0.2) is 9.97 Å². The van der Waals surface area contributed by atoms with E-state index in [9.17, 15) is 4.79 Å². The molecule has 3 aromatic rings. The van der Waals surface area contributed by atoms with Crippen LogP contribution in [0.4, 0.5) is 0 Å². The molecule has 1 N–H and O–H groups in total. The Kier molecular flexibility index (Phi) is 3.11. The van der Waals surface area contributed by atoms with Gasteiger partial charge in [0.25, 0.3) is 5.91 Å². The fourth-order valence-corrected chi connectivity index (χ4v) is 2.90. The van der Waals surface area contributed by atoms with Crippen molar-refractivity contribution in [3.8, 4) is 0 Å². The number of fused-ring (bicyclic) bond motifs is 1. The van der Waals surface area contributed by atoms with E-state index in [0.717, 1.165) is 6.42 Å². The van der Waals surface area contributed by atoms with Crippen molar-refractivity contribution in [2.75, 3.05) is 6.54 Å². The van der Waals surface area contributed by atoms with Gasteiger partial charge in [-0.15, -0.1) is 0 Å². The molecule has 2 atom stereocenters. The van der Waals surface area contributed by atoms with Gasteiger partial charge in [0.2, 0.25) is 0 Å². The third-order valence-electron chi connectivity index (χ3n) is 4.20. The zero-order chi connectivity index (χ0) is 14.9. The second kappa shape index (κ2) is 5.26. The van der Waals surface area contributed by atoms with Crippen molar-refractivity contribution in [3.05, 3.63) is 66.4 Å². The normalized spacial score (nSPS) is 20.0. The Morgan fingerprint density at radius 2 is 1.95 bits per heavy atom. The highest BCUT2D eigenvalue weighted by Gasteiger charge is 2.38. The van der Waals surface area contributed by atoms with Crippen LogP contribution in [0.3, 0.4) is 0 Å². The van der Waals surface area contributed by atoms with E-state index >= 15 is 0 Å². The molecular formula is C17H16N4O. The average Bonchev–Trinajstić information content (AvgIpc) is 3.19. The van der Waals surface area contributed by atoms with Gasteiger partial charge in [-0.05, 0) is 23.8 Å². The zero-order valence-corrected chi connectivity index (χ0v) is 12.0. The molecule has 0 aliphatic heterocycles. The molecule has 1 fully saturated rings. The molecule has 1 aliphatic carbocycles. The van der Waals surface area contributed by atoms with E-state index in [1.54, 1.807) is 29.2 Å². The first-order chi connectivity index (χ1) is 10.8. The topological polar surface area (TPSA) is 59.3 Å². The summed E-state index contributed by atoms with van der Waals surface area (Å²) in [6.07, 6.45) is 8.00. The van der Waals surface area contributed by atoms with Crippen molar-refractivity contribution < 1.29 is 4.79 Å². The fourth-order valence-electron chi connectivity index (χ4n) is 2.90. The molecule has 110 valence electrons. The number of carbonyl (C=O) groups excluding carboxylic acids is 1. The summed E-state index contributed by atoms with van der Waals surface area (Å²) in [5.74, 6) is 0.929.